The van der Waals surface area contributed by atoms with E-state index in [9.17, 15) is 9.90 Å². The van der Waals surface area contributed by atoms with E-state index in [2.05, 4.69) is 34.6 Å². The van der Waals surface area contributed by atoms with Gasteiger partial charge in [-0.15, -0.1) is 0 Å². The van der Waals surface area contributed by atoms with Crippen LogP contribution in [0.2, 0.25) is 0 Å². The van der Waals surface area contributed by atoms with Gasteiger partial charge in [0.1, 0.15) is 5.75 Å². The lowest BCUT2D eigenvalue weighted by atomic mass is 9.82. The van der Waals surface area contributed by atoms with Gasteiger partial charge in [-0.2, -0.15) is 0 Å². The van der Waals surface area contributed by atoms with E-state index in [1.54, 1.807) is 0 Å². The number of hydrogen-bond acceptors (Lipinski definition) is 3. The van der Waals surface area contributed by atoms with E-state index in [0.29, 0.717) is 31.1 Å². The number of ether oxygens (including phenoxy) is 1. The molecule has 0 unspecified atom stereocenters. The van der Waals surface area contributed by atoms with Crippen LogP contribution in [0, 0.1) is 5.92 Å². The van der Waals surface area contributed by atoms with Crippen molar-refractivity contribution in [2.75, 3.05) is 6.61 Å². The van der Waals surface area contributed by atoms with E-state index in [1.807, 2.05) is 19.1 Å². The fraction of sp³-hybridized carbons (Fsp3) is 0.632. The van der Waals surface area contributed by atoms with Gasteiger partial charge in [0.15, 0.2) is 0 Å². The topological polar surface area (TPSA) is 46.5 Å². The molecule has 0 saturated carbocycles. The molecule has 22 heavy (non-hydrogen) atoms. The second-order valence-corrected chi connectivity index (χ2v) is 7.30. The minimum absolute atomic E-state index is 0.129. The minimum Gasteiger partial charge on any atom is -0.507 e. The second-order valence-electron chi connectivity index (χ2n) is 7.30. The molecule has 0 aliphatic carbocycles. The van der Waals surface area contributed by atoms with Crippen molar-refractivity contribution >= 4 is 5.97 Å². The van der Waals surface area contributed by atoms with Crippen molar-refractivity contribution in [3.63, 3.8) is 0 Å². The summed E-state index contributed by atoms with van der Waals surface area (Å²) in [5, 5.41) is 10.6. The number of phenolic OH excluding ortho intramolecular Hbond substituents is 1. The fourth-order valence-electron chi connectivity index (χ4n) is 2.55. The third-order valence-electron chi connectivity index (χ3n) is 3.61. The van der Waals surface area contributed by atoms with E-state index in [0.717, 1.165) is 23.1 Å². The number of phenols is 1. The van der Waals surface area contributed by atoms with Gasteiger partial charge in [-0.25, -0.2) is 0 Å². The van der Waals surface area contributed by atoms with Gasteiger partial charge in [0.25, 0.3) is 0 Å². The molecular weight excluding hydrogens is 276 g/mol. The van der Waals surface area contributed by atoms with Crippen molar-refractivity contribution in [2.45, 2.75) is 66.2 Å². The Kier molecular flexibility index (Phi) is 6.46. The van der Waals surface area contributed by atoms with Crippen LogP contribution >= 0.6 is 0 Å². The van der Waals surface area contributed by atoms with Crippen LogP contribution in [0.25, 0.3) is 0 Å². The lowest BCUT2D eigenvalue weighted by Crippen LogP contribution is -2.14. The number of carbonyl (C=O) groups excluding carboxylic acids is 1. The zero-order chi connectivity index (χ0) is 16.9. The molecule has 1 aromatic carbocycles. The standard InChI is InChI=1S/C19H30O3/c1-7-22-17(20)9-8-14-11-15(10-13(2)3)18(21)16(12-14)19(4,5)6/h11-13,21H,7-10H2,1-6H3. The molecule has 1 rings (SSSR count). The zero-order valence-corrected chi connectivity index (χ0v) is 14.8. The van der Waals surface area contributed by atoms with Crippen LogP contribution in [0.5, 0.6) is 5.75 Å². The highest BCUT2D eigenvalue weighted by Gasteiger charge is 2.21. The fourth-order valence-corrected chi connectivity index (χ4v) is 2.55. The third-order valence-corrected chi connectivity index (χ3v) is 3.61. The van der Waals surface area contributed by atoms with Crippen LogP contribution in [-0.2, 0) is 27.8 Å². The van der Waals surface area contributed by atoms with Crippen LogP contribution in [0.3, 0.4) is 0 Å². The average Bonchev–Trinajstić information content (AvgIpc) is 2.37. The Morgan fingerprint density at radius 1 is 1.27 bits per heavy atom. The maximum absolute atomic E-state index is 11.6. The number of aryl methyl sites for hydroxylation is 1. The molecule has 1 aromatic rings. The third kappa shape index (κ3) is 5.36. The zero-order valence-electron chi connectivity index (χ0n) is 14.8. The number of aromatic hydroxyl groups is 1. The summed E-state index contributed by atoms with van der Waals surface area (Å²) in [7, 11) is 0. The van der Waals surface area contributed by atoms with Crippen LogP contribution in [0.1, 0.15) is 64.7 Å². The van der Waals surface area contributed by atoms with Gasteiger partial charge < -0.3 is 9.84 Å². The first-order valence-electron chi connectivity index (χ1n) is 8.16. The molecule has 0 saturated heterocycles. The molecule has 0 aromatic heterocycles. The molecule has 0 spiro atoms. The first-order chi connectivity index (χ1) is 10.1. The van der Waals surface area contributed by atoms with E-state index < -0.39 is 0 Å². The van der Waals surface area contributed by atoms with E-state index >= 15 is 0 Å². The van der Waals surface area contributed by atoms with Gasteiger partial charge >= 0.3 is 5.97 Å². The Bertz CT molecular complexity index is 510. The Balaban J connectivity index is 3.09. The molecule has 0 radical (unpaired) electrons. The molecule has 3 heteroatoms. The molecule has 0 aliphatic rings. The Labute approximate surface area is 134 Å². The Hall–Kier alpha value is -1.51. The maximum Gasteiger partial charge on any atom is 0.306 e. The summed E-state index contributed by atoms with van der Waals surface area (Å²) in [6.45, 7) is 12.8. The highest BCUT2D eigenvalue weighted by molar-refractivity contribution is 5.69. The van der Waals surface area contributed by atoms with Crippen molar-refractivity contribution in [1.29, 1.82) is 0 Å². The van der Waals surface area contributed by atoms with Gasteiger partial charge in [-0.1, -0.05) is 46.8 Å². The Morgan fingerprint density at radius 2 is 1.91 bits per heavy atom. The van der Waals surface area contributed by atoms with Crippen LogP contribution < -0.4 is 0 Å². The normalized spacial score (nSPS) is 11.8. The molecule has 0 bridgehead atoms. The lowest BCUT2D eigenvalue weighted by molar-refractivity contribution is -0.143. The molecule has 0 atom stereocenters. The summed E-state index contributed by atoms with van der Waals surface area (Å²) in [6, 6.07) is 4.06. The lowest BCUT2D eigenvalue weighted by Gasteiger charge is -2.24. The van der Waals surface area contributed by atoms with Crippen molar-refractivity contribution in [3.8, 4) is 5.75 Å². The van der Waals surface area contributed by atoms with E-state index in [1.165, 1.54) is 0 Å². The summed E-state index contributed by atoms with van der Waals surface area (Å²) < 4.78 is 4.99. The molecule has 0 heterocycles. The average molecular weight is 306 g/mol. The molecule has 124 valence electrons. The summed E-state index contributed by atoms with van der Waals surface area (Å²) >= 11 is 0. The number of rotatable bonds is 6. The number of benzene rings is 1. The molecule has 3 nitrogen and oxygen atoms in total. The van der Waals surface area contributed by atoms with Crippen LogP contribution in [0.15, 0.2) is 12.1 Å². The monoisotopic (exact) mass is 306 g/mol. The number of hydrogen-bond donors (Lipinski definition) is 1. The summed E-state index contributed by atoms with van der Waals surface area (Å²) in [5.74, 6) is 0.707. The van der Waals surface area contributed by atoms with E-state index in [-0.39, 0.29) is 11.4 Å². The predicted molar refractivity (Wildman–Crippen MR) is 90.3 cm³/mol. The van der Waals surface area contributed by atoms with Gasteiger partial charge in [0, 0.05) is 6.42 Å². The van der Waals surface area contributed by atoms with Crippen LogP contribution in [0.4, 0.5) is 0 Å². The number of carbonyl (C=O) groups is 1. The molecule has 1 N–H and O–H groups in total. The minimum atomic E-state index is -0.168. The van der Waals surface area contributed by atoms with Gasteiger partial charge in [-0.3, -0.25) is 4.79 Å². The largest absolute Gasteiger partial charge is 0.507 e. The highest BCUT2D eigenvalue weighted by Crippen LogP contribution is 2.35. The molecule has 0 fully saturated rings. The number of esters is 1. The second kappa shape index (κ2) is 7.66. The van der Waals surface area contributed by atoms with E-state index in [4.69, 9.17) is 4.74 Å². The highest BCUT2D eigenvalue weighted by atomic mass is 16.5. The van der Waals surface area contributed by atoms with Gasteiger partial charge in [0.05, 0.1) is 6.61 Å². The molecular formula is C19H30O3. The smallest absolute Gasteiger partial charge is 0.306 e. The van der Waals surface area contributed by atoms with Crippen molar-refractivity contribution in [3.05, 3.63) is 28.8 Å². The summed E-state index contributed by atoms with van der Waals surface area (Å²) in [5.41, 5.74) is 2.88. The van der Waals surface area contributed by atoms with Gasteiger partial charge in [0.2, 0.25) is 0 Å². The maximum atomic E-state index is 11.6. The summed E-state index contributed by atoms with van der Waals surface area (Å²) in [6.07, 6.45) is 1.86. The first-order valence-corrected chi connectivity index (χ1v) is 8.16. The van der Waals surface area contributed by atoms with Gasteiger partial charge in [-0.05, 0) is 47.8 Å². The molecule has 0 amide bonds. The molecule has 0 aliphatic heterocycles. The van der Waals surface area contributed by atoms with Crippen LogP contribution in [-0.4, -0.2) is 17.7 Å². The predicted octanol–water partition coefficient (Wildman–Crippen LogP) is 4.38. The van der Waals surface area contributed by atoms with Crippen molar-refractivity contribution in [1.82, 2.24) is 0 Å². The van der Waals surface area contributed by atoms with Crippen molar-refractivity contribution < 1.29 is 14.6 Å². The SMILES string of the molecule is CCOC(=O)CCc1cc(CC(C)C)c(O)c(C(C)(C)C)c1. The quantitative estimate of drug-likeness (QED) is 0.793. The van der Waals surface area contributed by atoms with Crippen molar-refractivity contribution in [2.24, 2.45) is 5.92 Å². The first kappa shape index (κ1) is 18.5. The Morgan fingerprint density at radius 3 is 2.41 bits per heavy atom. The summed E-state index contributed by atoms with van der Waals surface area (Å²) in [4.78, 5) is 11.6.